The van der Waals surface area contributed by atoms with E-state index >= 15 is 0 Å². The van der Waals surface area contributed by atoms with E-state index in [9.17, 15) is 19.8 Å². The third kappa shape index (κ3) is 12.0. The molecule has 0 amide bonds. The zero-order valence-corrected chi connectivity index (χ0v) is 18.9. The summed E-state index contributed by atoms with van der Waals surface area (Å²) in [7, 11) is 0. The molecule has 0 aliphatic carbocycles. The average molecular weight is 436 g/mol. The summed E-state index contributed by atoms with van der Waals surface area (Å²) in [6, 6.07) is 0. The molecule has 0 aromatic rings. The van der Waals surface area contributed by atoms with Crippen LogP contribution in [0.5, 0.6) is 0 Å². The largest absolute Gasteiger partial charge is 2.00 e. The van der Waals surface area contributed by atoms with Crippen LogP contribution < -0.4 is 10.2 Å². The minimum absolute atomic E-state index is 0. The molecule has 0 aromatic carbocycles. The van der Waals surface area contributed by atoms with Gasteiger partial charge in [-0.05, 0) is 18.3 Å². The molecule has 4 nitrogen and oxygen atoms in total. The summed E-state index contributed by atoms with van der Waals surface area (Å²) in [5.74, 6) is -4.17. The molecule has 0 rings (SSSR count). The van der Waals surface area contributed by atoms with Crippen LogP contribution in [0, 0.1) is 17.8 Å². The topological polar surface area (TPSA) is 80.3 Å². The Hall–Kier alpha value is 0.511. The van der Waals surface area contributed by atoms with E-state index in [1.807, 2.05) is 13.8 Å². The summed E-state index contributed by atoms with van der Waals surface area (Å²) in [5, 5.41) is 21.7. The van der Waals surface area contributed by atoms with Crippen LogP contribution in [0.1, 0.15) is 78.6 Å². The molecule has 0 N–H and O–H groups in total. The monoisotopic (exact) mass is 436 g/mol. The van der Waals surface area contributed by atoms with Crippen molar-refractivity contribution in [3.63, 3.8) is 0 Å². The quantitative estimate of drug-likeness (QED) is 0.250. The molecule has 0 heterocycles. The van der Waals surface area contributed by atoms with Gasteiger partial charge >= 0.3 is 48.9 Å². The summed E-state index contributed by atoms with van der Waals surface area (Å²) in [5.41, 5.74) is 0. The van der Waals surface area contributed by atoms with E-state index in [0.717, 1.165) is 19.3 Å². The van der Waals surface area contributed by atoms with E-state index in [1.165, 1.54) is 32.1 Å². The zero-order valence-electron chi connectivity index (χ0n) is 14.4. The summed E-state index contributed by atoms with van der Waals surface area (Å²) in [6.45, 7) is 6.21. The van der Waals surface area contributed by atoms with Gasteiger partial charge in [-0.3, -0.25) is 0 Å². The minimum Gasteiger partial charge on any atom is -0.549 e. The van der Waals surface area contributed by atoms with Crippen molar-refractivity contribution in [2.24, 2.45) is 17.8 Å². The van der Waals surface area contributed by atoms with Gasteiger partial charge in [0.15, 0.2) is 0 Å². The second-order valence-corrected chi connectivity index (χ2v) is 6.34. The number of carboxylic acids is 2. The molecule has 5 heteroatoms. The van der Waals surface area contributed by atoms with E-state index in [2.05, 4.69) is 6.92 Å². The standard InChI is InChI=1S/C17H32O4.Ba/c1-4-5-6-7-8-9-10-11-14(13(2)3)12-15(16(18)19)17(20)21;/h13-15H,4-12H2,1-3H3,(H,18,19)(H,20,21);/q;+2/p-2. The molecule has 0 spiro atoms. The molecule has 1 atom stereocenters. The molecule has 0 radical (unpaired) electrons. The Morgan fingerprint density at radius 2 is 1.32 bits per heavy atom. The van der Waals surface area contributed by atoms with E-state index in [4.69, 9.17) is 0 Å². The second kappa shape index (κ2) is 15.1. The first-order valence-electron chi connectivity index (χ1n) is 8.31. The maximum absolute atomic E-state index is 10.8. The van der Waals surface area contributed by atoms with Crippen LogP contribution in [0.25, 0.3) is 0 Å². The van der Waals surface area contributed by atoms with E-state index < -0.39 is 17.9 Å². The number of carboxylic acid groups (broad SMARTS) is 2. The Kier molecular flexibility index (Phi) is 17.0. The first-order valence-corrected chi connectivity index (χ1v) is 8.31. The van der Waals surface area contributed by atoms with Crippen molar-refractivity contribution in [2.75, 3.05) is 0 Å². The maximum Gasteiger partial charge on any atom is 2.00 e. The fourth-order valence-electron chi connectivity index (χ4n) is 2.68. The van der Waals surface area contributed by atoms with Crippen molar-refractivity contribution in [1.29, 1.82) is 0 Å². The molecule has 22 heavy (non-hydrogen) atoms. The molecular weight excluding hydrogens is 406 g/mol. The molecule has 124 valence electrons. The third-order valence-electron chi connectivity index (χ3n) is 4.23. The van der Waals surface area contributed by atoms with Crippen molar-refractivity contribution in [1.82, 2.24) is 0 Å². The first-order chi connectivity index (χ1) is 9.90. The fraction of sp³-hybridized carbons (Fsp3) is 0.882. The Bertz CT molecular complexity index is 291. The predicted octanol–water partition coefficient (Wildman–Crippen LogP) is 1.52. The maximum atomic E-state index is 10.8. The fourth-order valence-corrected chi connectivity index (χ4v) is 2.68. The van der Waals surface area contributed by atoms with Crippen molar-refractivity contribution in [3.05, 3.63) is 0 Å². The number of aliphatic carboxylic acids is 2. The zero-order chi connectivity index (χ0) is 16.3. The van der Waals surface area contributed by atoms with Crippen LogP contribution in [0.3, 0.4) is 0 Å². The van der Waals surface area contributed by atoms with Gasteiger partial charge in [-0.2, -0.15) is 0 Å². The molecule has 0 aliphatic rings. The summed E-state index contributed by atoms with van der Waals surface area (Å²) >= 11 is 0. The normalized spacial score (nSPS) is 12.2. The van der Waals surface area contributed by atoms with Crippen molar-refractivity contribution in [2.45, 2.75) is 78.6 Å². The third-order valence-corrected chi connectivity index (χ3v) is 4.23. The smallest absolute Gasteiger partial charge is 0.549 e. The van der Waals surface area contributed by atoms with Gasteiger partial charge in [0, 0.05) is 5.92 Å². The molecule has 0 aromatic heterocycles. The van der Waals surface area contributed by atoms with Gasteiger partial charge in [0.1, 0.15) is 0 Å². The van der Waals surface area contributed by atoms with Crippen LogP contribution in [0.15, 0.2) is 0 Å². The SMILES string of the molecule is CCCCCCCCCC(CC(C(=O)[O-])C(=O)[O-])C(C)C.[Ba+2]. The average Bonchev–Trinajstić information content (AvgIpc) is 2.39. The van der Waals surface area contributed by atoms with Crippen molar-refractivity contribution >= 4 is 60.8 Å². The van der Waals surface area contributed by atoms with Crippen LogP contribution in [-0.4, -0.2) is 60.8 Å². The van der Waals surface area contributed by atoms with Gasteiger partial charge in [0.25, 0.3) is 0 Å². The van der Waals surface area contributed by atoms with Gasteiger partial charge in [0.2, 0.25) is 0 Å². The van der Waals surface area contributed by atoms with Gasteiger partial charge in [0.05, 0.1) is 11.9 Å². The minimum atomic E-state index is -1.53. The first kappa shape index (κ1) is 24.8. The Morgan fingerprint density at radius 1 is 0.864 bits per heavy atom. The van der Waals surface area contributed by atoms with Crippen LogP contribution in [0.4, 0.5) is 0 Å². The number of carbonyl (C=O) groups is 2. The predicted molar refractivity (Wildman–Crippen MR) is 84.8 cm³/mol. The number of hydrogen-bond acceptors (Lipinski definition) is 4. The van der Waals surface area contributed by atoms with Crippen molar-refractivity contribution in [3.8, 4) is 0 Å². The van der Waals surface area contributed by atoms with Gasteiger partial charge < -0.3 is 19.8 Å². The molecular formula is C17H30BaO4. The molecule has 0 fully saturated rings. The molecule has 0 aliphatic heterocycles. The summed E-state index contributed by atoms with van der Waals surface area (Å²) < 4.78 is 0. The molecule has 1 unspecified atom stereocenters. The van der Waals surface area contributed by atoms with E-state index in [0.29, 0.717) is 0 Å². The summed E-state index contributed by atoms with van der Waals surface area (Å²) in [4.78, 5) is 21.7. The van der Waals surface area contributed by atoms with Crippen LogP contribution in [0.2, 0.25) is 0 Å². The Morgan fingerprint density at radius 3 is 1.73 bits per heavy atom. The van der Waals surface area contributed by atoms with Gasteiger partial charge in [-0.25, -0.2) is 0 Å². The summed E-state index contributed by atoms with van der Waals surface area (Å²) in [6.07, 6.45) is 9.42. The Labute approximate surface area is 175 Å². The number of hydrogen-bond donors (Lipinski definition) is 0. The molecule has 0 bridgehead atoms. The van der Waals surface area contributed by atoms with Gasteiger partial charge in [-0.1, -0.05) is 72.1 Å². The number of unbranched alkanes of at least 4 members (excludes halogenated alkanes) is 6. The van der Waals surface area contributed by atoms with Crippen molar-refractivity contribution < 1.29 is 19.8 Å². The number of rotatable bonds is 13. The van der Waals surface area contributed by atoms with Crippen LogP contribution in [-0.2, 0) is 9.59 Å². The van der Waals surface area contributed by atoms with E-state index in [1.54, 1.807) is 0 Å². The second-order valence-electron chi connectivity index (χ2n) is 6.34. The number of carbonyl (C=O) groups excluding carboxylic acids is 2. The van der Waals surface area contributed by atoms with Crippen LogP contribution >= 0.6 is 0 Å². The molecule has 0 saturated carbocycles. The van der Waals surface area contributed by atoms with E-state index in [-0.39, 0.29) is 67.1 Å². The molecule has 0 saturated heterocycles. The Balaban J connectivity index is 0. The van der Waals surface area contributed by atoms with Gasteiger partial charge in [-0.15, -0.1) is 0 Å².